The summed E-state index contributed by atoms with van der Waals surface area (Å²) in [6.45, 7) is 13.6. The Morgan fingerprint density at radius 3 is 1.47 bits per heavy atom. The van der Waals surface area contributed by atoms with Crippen molar-refractivity contribution < 1.29 is 5.11 Å². The summed E-state index contributed by atoms with van der Waals surface area (Å²) in [7, 11) is 0. The molecule has 1 aromatic carbocycles. The van der Waals surface area contributed by atoms with Crippen LogP contribution < -0.4 is 0 Å². The zero-order valence-corrected chi connectivity index (χ0v) is 11.3. The first-order chi connectivity index (χ1) is 7.00. The zero-order valence-electron chi connectivity index (χ0n) is 11.3. The maximum atomic E-state index is 9.58. The normalized spacial score (nSPS) is 9.33. The van der Waals surface area contributed by atoms with E-state index in [9.17, 15) is 5.11 Å². The molecule has 1 nitrogen and oxygen atoms in total. The minimum absolute atomic E-state index is 0.715. The van der Waals surface area contributed by atoms with E-state index in [1.807, 2.05) is 58.9 Å². The Kier molecular flexibility index (Phi) is 9.39. The molecule has 0 aliphatic rings. The van der Waals surface area contributed by atoms with Gasteiger partial charge in [-0.15, -0.1) is 0 Å². The van der Waals surface area contributed by atoms with Crippen LogP contribution in [0.2, 0.25) is 0 Å². The molecule has 0 bridgehead atoms. The van der Waals surface area contributed by atoms with Gasteiger partial charge in [-0.3, -0.25) is 0 Å². The first-order valence-corrected chi connectivity index (χ1v) is 5.79. The van der Waals surface area contributed by atoms with Crippen LogP contribution in [-0.4, -0.2) is 5.11 Å². The predicted molar refractivity (Wildman–Crippen MR) is 69.1 cm³/mol. The van der Waals surface area contributed by atoms with E-state index in [4.69, 9.17) is 0 Å². The fourth-order valence-corrected chi connectivity index (χ4v) is 0.961. The van der Waals surface area contributed by atoms with E-state index < -0.39 is 5.60 Å². The van der Waals surface area contributed by atoms with E-state index in [1.54, 1.807) is 13.8 Å². The van der Waals surface area contributed by atoms with E-state index in [1.165, 1.54) is 5.56 Å². The van der Waals surface area contributed by atoms with Gasteiger partial charge in [-0.25, -0.2) is 0 Å². The number of hydrogen-bond donors (Lipinski definition) is 1. The molecule has 88 valence electrons. The van der Waals surface area contributed by atoms with Crippen molar-refractivity contribution in [2.45, 2.75) is 54.1 Å². The number of aryl methyl sites for hydroxylation is 1. The molecule has 0 aliphatic carbocycles. The lowest BCUT2D eigenvalue weighted by Gasteiger charge is -2.17. The van der Waals surface area contributed by atoms with Gasteiger partial charge < -0.3 is 5.11 Å². The van der Waals surface area contributed by atoms with Crippen LogP contribution in [-0.2, 0) is 5.60 Å². The number of rotatable bonds is 1. The van der Waals surface area contributed by atoms with E-state index in [0.717, 1.165) is 5.56 Å². The van der Waals surface area contributed by atoms with Crippen LogP contribution in [0.15, 0.2) is 24.3 Å². The van der Waals surface area contributed by atoms with Gasteiger partial charge in [0, 0.05) is 0 Å². The third-order valence-corrected chi connectivity index (χ3v) is 1.76. The highest BCUT2D eigenvalue weighted by molar-refractivity contribution is 5.25. The fourth-order valence-electron chi connectivity index (χ4n) is 0.961. The molecule has 15 heavy (non-hydrogen) atoms. The molecular weight excluding hydrogens is 184 g/mol. The Morgan fingerprint density at radius 2 is 1.20 bits per heavy atom. The topological polar surface area (TPSA) is 20.2 Å². The molecule has 0 saturated carbocycles. The zero-order chi connectivity index (χ0) is 12.5. The van der Waals surface area contributed by atoms with Crippen LogP contribution >= 0.6 is 0 Å². The summed E-state index contributed by atoms with van der Waals surface area (Å²) >= 11 is 0. The Labute approximate surface area is 95.2 Å². The van der Waals surface area contributed by atoms with Crippen molar-refractivity contribution in [3.8, 4) is 0 Å². The first-order valence-electron chi connectivity index (χ1n) is 5.79. The Bertz CT molecular complexity index is 229. The van der Waals surface area contributed by atoms with E-state index in [2.05, 4.69) is 0 Å². The lowest BCUT2D eigenvalue weighted by atomic mass is 9.98. The monoisotopic (exact) mass is 210 g/mol. The SMILES string of the molecule is CC.CC.Cc1ccc(C(C)(C)O)cc1. The van der Waals surface area contributed by atoms with Crippen molar-refractivity contribution in [2.24, 2.45) is 0 Å². The van der Waals surface area contributed by atoms with Crippen LogP contribution in [0, 0.1) is 6.92 Å². The highest BCUT2D eigenvalue weighted by Gasteiger charge is 2.14. The second-order valence-electron chi connectivity index (χ2n) is 3.43. The Balaban J connectivity index is 0. The fraction of sp³-hybridized carbons (Fsp3) is 0.571. The third-order valence-electron chi connectivity index (χ3n) is 1.76. The Hall–Kier alpha value is -0.820. The van der Waals surface area contributed by atoms with Gasteiger partial charge in [0.1, 0.15) is 0 Å². The molecule has 0 unspecified atom stereocenters. The smallest absolute Gasteiger partial charge is 0.0840 e. The van der Waals surface area contributed by atoms with Gasteiger partial charge in [0.2, 0.25) is 0 Å². The molecule has 0 saturated heterocycles. The van der Waals surface area contributed by atoms with Crippen molar-refractivity contribution in [2.75, 3.05) is 0 Å². The maximum absolute atomic E-state index is 9.58. The summed E-state index contributed by atoms with van der Waals surface area (Å²) in [6.07, 6.45) is 0. The lowest BCUT2D eigenvalue weighted by Crippen LogP contribution is -2.14. The lowest BCUT2D eigenvalue weighted by molar-refractivity contribution is 0.0786. The first kappa shape index (κ1) is 16.6. The quantitative estimate of drug-likeness (QED) is 0.733. The molecule has 1 heteroatoms. The van der Waals surface area contributed by atoms with Crippen LogP contribution in [0.5, 0.6) is 0 Å². The minimum Gasteiger partial charge on any atom is -0.386 e. The van der Waals surface area contributed by atoms with Crippen LogP contribution in [0.4, 0.5) is 0 Å². The summed E-state index contributed by atoms with van der Waals surface area (Å²) in [4.78, 5) is 0. The van der Waals surface area contributed by atoms with Crippen LogP contribution in [0.3, 0.4) is 0 Å². The van der Waals surface area contributed by atoms with Gasteiger partial charge in [-0.05, 0) is 26.3 Å². The van der Waals surface area contributed by atoms with Crippen molar-refractivity contribution in [3.05, 3.63) is 35.4 Å². The third kappa shape index (κ3) is 7.15. The molecule has 0 radical (unpaired) electrons. The second kappa shape index (κ2) is 8.49. The van der Waals surface area contributed by atoms with Crippen LogP contribution in [0.25, 0.3) is 0 Å². The number of benzene rings is 1. The summed E-state index contributed by atoms with van der Waals surface area (Å²) in [5.41, 5.74) is 1.47. The van der Waals surface area contributed by atoms with E-state index in [0.29, 0.717) is 0 Å². The molecule has 0 spiro atoms. The van der Waals surface area contributed by atoms with Gasteiger partial charge >= 0.3 is 0 Å². The standard InChI is InChI=1S/C10H14O.2C2H6/c1-8-4-6-9(7-5-8)10(2,3)11;2*1-2/h4-7,11H,1-3H3;2*1-2H3. The molecule has 1 aromatic rings. The van der Waals surface area contributed by atoms with Gasteiger partial charge in [-0.2, -0.15) is 0 Å². The van der Waals surface area contributed by atoms with Crippen molar-refractivity contribution >= 4 is 0 Å². The number of hydrogen-bond acceptors (Lipinski definition) is 1. The largest absolute Gasteiger partial charge is 0.386 e. The molecule has 0 amide bonds. The van der Waals surface area contributed by atoms with Crippen LogP contribution in [0.1, 0.15) is 52.7 Å². The highest BCUT2D eigenvalue weighted by Crippen LogP contribution is 2.19. The highest BCUT2D eigenvalue weighted by atomic mass is 16.3. The molecule has 0 atom stereocenters. The summed E-state index contributed by atoms with van der Waals surface area (Å²) < 4.78 is 0. The molecule has 0 aliphatic heterocycles. The Morgan fingerprint density at radius 1 is 0.867 bits per heavy atom. The summed E-state index contributed by atoms with van der Waals surface area (Å²) in [5.74, 6) is 0. The second-order valence-corrected chi connectivity index (χ2v) is 3.43. The molecule has 0 aromatic heterocycles. The molecule has 1 rings (SSSR count). The minimum atomic E-state index is -0.715. The van der Waals surface area contributed by atoms with E-state index >= 15 is 0 Å². The maximum Gasteiger partial charge on any atom is 0.0840 e. The van der Waals surface area contributed by atoms with Gasteiger partial charge in [0.15, 0.2) is 0 Å². The number of aliphatic hydroxyl groups is 1. The predicted octanol–water partition coefficient (Wildman–Crippen LogP) is 4.27. The molecule has 0 heterocycles. The van der Waals surface area contributed by atoms with Crippen molar-refractivity contribution in [1.29, 1.82) is 0 Å². The average molecular weight is 210 g/mol. The van der Waals surface area contributed by atoms with Crippen molar-refractivity contribution in [3.63, 3.8) is 0 Å². The van der Waals surface area contributed by atoms with Gasteiger partial charge in [0.25, 0.3) is 0 Å². The van der Waals surface area contributed by atoms with Crippen molar-refractivity contribution in [1.82, 2.24) is 0 Å². The van der Waals surface area contributed by atoms with Gasteiger partial charge in [0.05, 0.1) is 5.60 Å². The summed E-state index contributed by atoms with van der Waals surface area (Å²) in [5, 5.41) is 9.58. The molecule has 0 fully saturated rings. The van der Waals surface area contributed by atoms with E-state index in [-0.39, 0.29) is 0 Å². The molecular formula is C14H26O. The van der Waals surface area contributed by atoms with Gasteiger partial charge in [-0.1, -0.05) is 57.5 Å². The molecule has 1 N–H and O–H groups in total. The average Bonchev–Trinajstić information content (AvgIpc) is 2.23. The summed E-state index contributed by atoms with van der Waals surface area (Å²) in [6, 6.07) is 7.92.